The molecule has 2 aliphatic rings. The van der Waals surface area contributed by atoms with Crippen LogP contribution >= 0.6 is 11.6 Å². The number of halogens is 1. The number of benzene rings is 1. The minimum absolute atomic E-state index is 0.0139. The molecule has 0 saturated carbocycles. The third kappa shape index (κ3) is 3.22. The molecule has 4 nitrogen and oxygen atoms in total. The van der Waals surface area contributed by atoms with Crippen LogP contribution in [0.2, 0.25) is 5.02 Å². The largest absolute Gasteiger partial charge is 0.350 e. The van der Waals surface area contributed by atoms with Crippen LogP contribution < -0.4 is 0 Å². The molecule has 2 aliphatic heterocycles. The number of hydrogen-bond acceptors (Lipinski definition) is 4. The molecule has 0 bridgehead atoms. The molecule has 0 spiro atoms. The molecule has 5 heteroatoms. The SMILES string of the molecule is Clc1ccc2cccnc2c1CN1CCC(C2OCCO2)CC1. The van der Waals surface area contributed by atoms with Gasteiger partial charge in [0, 0.05) is 34.6 Å². The highest BCUT2D eigenvalue weighted by molar-refractivity contribution is 6.32. The predicted octanol–water partition coefficient (Wildman–Crippen LogP) is 3.47. The highest BCUT2D eigenvalue weighted by atomic mass is 35.5. The summed E-state index contributed by atoms with van der Waals surface area (Å²) in [4.78, 5) is 6.99. The Hall–Kier alpha value is -1.20. The topological polar surface area (TPSA) is 34.6 Å². The highest BCUT2D eigenvalue weighted by Gasteiger charge is 2.30. The summed E-state index contributed by atoms with van der Waals surface area (Å²) < 4.78 is 11.3. The van der Waals surface area contributed by atoms with Crippen LogP contribution in [-0.2, 0) is 16.0 Å². The van der Waals surface area contributed by atoms with E-state index in [4.69, 9.17) is 21.1 Å². The minimum Gasteiger partial charge on any atom is -0.350 e. The molecule has 1 aromatic heterocycles. The smallest absolute Gasteiger partial charge is 0.160 e. The van der Waals surface area contributed by atoms with Crippen molar-refractivity contribution in [2.45, 2.75) is 25.7 Å². The van der Waals surface area contributed by atoms with Gasteiger partial charge in [-0.1, -0.05) is 23.7 Å². The Balaban J connectivity index is 1.46. The van der Waals surface area contributed by atoms with Crippen LogP contribution in [0.4, 0.5) is 0 Å². The number of nitrogens with zero attached hydrogens (tertiary/aromatic N) is 2. The monoisotopic (exact) mass is 332 g/mol. The quantitative estimate of drug-likeness (QED) is 0.862. The van der Waals surface area contributed by atoms with Gasteiger partial charge < -0.3 is 9.47 Å². The lowest BCUT2D eigenvalue weighted by molar-refractivity contribution is -0.0977. The standard InChI is InChI=1S/C18H21ClN2O2/c19-16-4-3-13-2-1-7-20-17(13)15(16)12-21-8-5-14(6-9-21)18-22-10-11-23-18/h1-4,7,14,18H,5-6,8-12H2. The van der Waals surface area contributed by atoms with Crippen molar-refractivity contribution in [1.29, 1.82) is 0 Å². The first kappa shape index (κ1) is 15.3. The van der Waals surface area contributed by atoms with Crippen LogP contribution in [-0.4, -0.2) is 42.5 Å². The van der Waals surface area contributed by atoms with Crippen molar-refractivity contribution in [3.63, 3.8) is 0 Å². The average Bonchev–Trinajstić information content (AvgIpc) is 3.13. The molecule has 0 unspecified atom stereocenters. The molecular weight excluding hydrogens is 312 g/mol. The van der Waals surface area contributed by atoms with E-state index in [1.54, 1.807) is 0 Å². The summed E-state index contributed by atoms with van der Waals surface area (Å²) in [6.07, 6.45) is 4.07. The van der Waals surface area contributed by atoms with Gasteiger partial charge in [0.05, 0.1) is 18.7 Å². The second-order valence-corrected chi connectivity index (χ2v) is 6.73. The zero-order valence-electron chi connectivity index (χ0n) is 13.1. The van der Waals surface area contributed by atoms with Crippen LogP contribution in [0.1, 0.15) is 18.4 Å². The molecule has 122 valence electrons. The van der Waals surface area contributed by atoms with Crippen LogP contribution in [0, 0.1) is 5.92 Å². The van der Waals surface area contributed by atoms with E-state index in [-0.39, 0.29) is 6.29 Å². The fraction of sp³-hybridized carbons (Fsp3) is 0.500. The maximum absolute atomic E-state index is 6.45. The fourth-order valence-electron chi connectivity index (χ4n) is 3.59. The van der Waals surface area contributed by atoms with Crippen molar-refractivity contribution in [1.82, 2.24) is 9.88 Å². The lowest BCUT2D eigenvalue weighted by atomic mass is 9.95. The second kappa shape index (κ2) is 6.73. The Bertz CT molecular complexity index is 680. The molecule has 0 aliphatic carbocycles. The van der Waals surface area contributed by atoms with Gasteiger partial charge in [-0.3, -0.25) is 9.88 Å². The Kier molecular flexibility index (Phi) is 4.49. The van der Waals surface area contributed by atoms with Gasteiger partial charge in [-0.2, -0.15) is 0 Å². The van der Waals surface area contributed by atoms with E-state index in [1.807, 2.05) is 24.4 Å². The third-order valence-corrected chi connectivity index (χ3v) is 5.22. The zero-order chi connectivity index (χ0) is 15.6. The van der Waals surface area contributed by atoms with E-state index in [9.17, 15) is 0 Å². The van der Waals surface area contributed by atoms with Crippen molar-refractivity contribution in [2.24, 2.45) is 5.92 Å². The Morgan fingerprint density at radius 1 is 1.13 bits per heavy atom. The number of likely N-dealkylation sites (tertiary alicyclic amines) is 1. The van der Waals surface area contributed by atoms with Crippen molar-refractivity contribution in [3.8, 4) is 0 Å². The van der Waals surface area contributed by atoms with Crippen molar-refractivity contribution < 1.29 is 9.47 Å². The van der Waals surface area contributed by atoms with Gasteiger partial charge in [0.2, 0.25) is 0 Å². The normalized spacial score (nSPS) is 21.3. The molecular formula is C18H21ClN2O2. The number of ether oxygens (including phenoxy) is 2. The molecule has 2 saturated heterocycles. The Labute approximate surface area is 141 Å². The lowest BCUT2D eigenvalue weighted by Crippen LogP contribution is -2.37. The Morgan fingerprint density at radius 3 is 2.70 bits per heavy atom. The first-order valence-corrected chi connectivity index (χ1v) is 8.67. The number of fused-ring (bicyclic) bond motifs is 1. The molecule has 0 radical (unpaired) electrons. The molecule has 4 rings (SSSR count). The van der Waals surface area contributed by atoms with Gasteiger partial charge in [0.25, 0.3) is 0 Å². The molecule has 0 atom stereocenters. The molecule has 3 heterocycles. The van der Waals surface area contributed by atoms with Crippen LogP contribution in [0.25, 0.3) is 10.9 Å². The van der Waals surface area contributed by atoms with Crippen LogP contribution in [0.5, 0.6) is 0 Å². The van der Waals surface area contributed by atoms with Gasteiger partial charge in [-0.05, 0) is 38.1 Å². The van der Waals surface area contributed by atoms with Crippen LogP contribution in [0.3, 0.4) is 0 Å². The second-order valence-electron chi connectivity index (χ2n) is 6.32. The van der Waals surface area contributed by atoms with Crippen molar-refractivity contribution in [3.05, 3.63) is 41.0 Å². The lowest BCUT2D eigenvalue weighted by Gasteiger charge is -2.34. The summed E-state index contributed by atoms with van der Waals surface area (Å²) >= 11 is 6.45. The van der Waals surface area contributed by atoms with E-state index >= 15 is 0 Å². The summed E-state index contributed by atoms with van der Waals surface area (Å²) in [6.45, 7) is 4.43. The van der Waals surface area contributed by atoms with E-state index < -0.39 is 0 Å². The van der Waals surface area contributed by atoms with Gasteiger partial charge in [0.15, 0.2) is 6.29 Å². The maximum Gasteiger partial charge on any atom is 0.160 e. The first-order valence-electron chi connectivity index (χ1n) is 8.29. The van der Waals surface area contributed by atoms with Crippen molar-refractivity contribution >= 4 is 22.5 Å². The summed E-state index contributed by atoms with van der Waals surface area (Å²) in [5.41, 5.74) is 2.15. The number of piperidine rings is 1. The van der Waals surface area contributed by atoms with Crippen molar-refractivity contribution in [2.75, 3.05) is 26.3 Å². The fourth-order valence-corrected chi connectivity index (χ4v) is 3.80. The molecule has 2 aromatic rings. The molecule has 0 amide bonds. The molecule has 0 N–H and O–H groups in total. The predicted molar refractivity (Wildman–Crippen MR) is 90.4 cm³/mol. The van der Waals surface area contributed by atoms with E-state index in [1.165, 1.54) is 0 Å². The number of aromatic nitrogens is 1. The highest BCUT2D eigenvalue weighted by Crippen LogP contribution is 2.30. The zero-order valence-corrected chi connectivity index (χ0v) is 13.8. The molecule has 2 fully saturated rings. The number of hydrogen-bond donors (Lipinski definition) is 0. The molecule has 1 aromatic carbocycles. The summed E-state index contributed by atoms with van der Waals surface area (Å²) in [6, 6.07) is 8.07. The van der Waals surface area contributed by atoms with Gasteiger partial charge >= 0.3 is 0 Å². The van der Waals surface area contributed by atoms with E-state index in [0.29, 0.717) is 5.92 Å². The third-order valence-electron chi connectivity index (χ3n) is 4.87. The maximum atomic E-state index is 6.45. The average molecular weight is 333 g/mol. The van der Waals surface area contributed by atoms with Gasteiger partial charge in [-0.15, -0.1) is 0 Å². The van der Waals surface area contributed by atoms with E-state index in [2.05, 4.69) is 16.0 Å². The summed E-state index contributed by atoms with van der Waals surface area (Å²) in [5.74, 6) is 0.523. The summed E-state index contributed by atoms with van der Waals surface area (Å²) in [5, 5.41) is 1.95. The van der Waals surface area contributed by atoms with Gasteiger partial charge in [-0.25, -0.2) is 0 Å². The Morgan fingerprint density at radius 2 is 1.91 bits per heavy atom. The van der Waals surface area contributed by atoms with Gasteiger partial charge in [0.1, 0.15) is 0 Å². The molecule has 23 heavy (non-hydrogen) atoms. The minimum atomic E-state index is 0.0139. The van der Waals surface area contributed by atoms with Crippen LogP contribution in [0.15, 0.2) is 30.5 Å². The number of pyridine rings is 1. The first-order chi connectivity index (χ1) is 11.3. The number of rotatable bonds is 3. The summed E-state index contributed by atoms with van der Waals surface area (Å²) in [7, 11) is 0. The van der Waals surface area contributed by atoms with E-state index in [0.717, 1.165) is 67.2 Å².